The monoisotopic (exact) mass is 353 g/mol. The largest absolute Gasteiger partial charge is 0.385 e. The average Bonchev–Trinajstić information content (AvgIpc) is 2.39. The fourth-order valence-corrected chi connectivity index (χ4v) is 3.32. The van der Waals surface area contributed by atoms with Crippen molar-refractivity contribution in [3.05, 3.63) is 28.3 Å². The number of unbranched alkanes of at least 4 members (excludes halogenated alkanes) is 1. The maximum absolute atomic E-state index is 12.1. The molecule has 0 atom stereocenters. The van der Waals surface area contributed by atoms with Gasteiger partial charge in [0, 0.05) is 41.5 Å². The maximum atomic E-state index is 12.1. The van der Waals surface area contributed by atoms with E-state index in [1.54, 1.807) is 7.11 Å². The first kappa shape index (κ1) is 18.2. The van der Waals surface area contributed by atoms with Crippen LogP contribution >= 0.6 is 22.3 Å². The minimum Gasteiger partial charge on any atom is -0.385 e. The second-order valence-electron chi connectivity index (χ2n) is 4.47. The zero-order valence-corrected chi connectivity index (χ0v) is 14.1. The molecule has 0 unspecified atom stereocenters. The number of methoxy groups -OCH3 is 1. The van der Waals surface area contributed by atoms with E-state index in [0.29, 0.717) is 13.2 Å². The van der Waals surface area contributed by atoms with Gasteiger partial charge in [-0.05, 0) is 37.5 Å². The van der Waals surface area contributed by atoms with Crippen molar-refractivity contribution >= 4 is 37.2 Å². The van der Waals surface area contributed by atoms with Gasteiger partial charge < -0.3 is 10.1 Å². The normalized spacial score (nSPS) is 11.4. The summed E-state index contributed by atoms with van der Waals surface area (Å²) >= 11 is 5.86. The number of ether oxygens (including phenoxy) is 1. The minimum absolute atomic E-state index is 0.143. The average molecular weight is 354 g/mol. The molecule has 1 aromatic carbocycles. The lowest BCUT2D eigenvalue weighted by Crippen LogP contribution is -2.25. The van der Waals surface area contributed by atoms with E-state index in [2.05, 4.69) is 5.32 Å². The number of rotatable bonds is 7. The molecule has 5 nitrogen and oxygen atoms in total. The molecule has 0 saturated carbocycles. The van der Waals surface area contributed by atoms with Crippen LogP contribution < -0.4 is 5.32 Å². The lowest BCUT2D eigenvalue weighted by Gasteiger charge is -2.11. The smallest absolute Gasteiger partial charge is 0.261 e. The van der Waals surface area contributed by atoms with E-state index < -0.39 is 9.05 Å². The lowest BCUT2D eigenvalue weighted by atomic mass is 10.1. The van der Waals surface area contributed by atoms with Crippen LogP contribution in [-0.4, -0.2) is 34.6 Å². The third-order valence-electron chi connectivity index (χ3n) is 2.89. The molecule has 1 rings (SSSR count). The van der Waals surface area contributed by atoms with E-state index in [4.69, 9.17) is 27.0 Å². The number of carbonyl (C=O) groups is 1. The van der Waals surface area contributed by atoms with Crippen molar-refractivity contribution in [2.45, 2.75) is 24.7 Å². The summed E-state index contributed by atoms with van der Waals surface area (Å²) in [6, 6.07) is 2.65. The molecule has 0 spiro atoms. The third kappa shape index (κ3) is 5.47. The van der Waals surface area contributed by atoms with Gasteiger partial charge in [-0.3, -0.25) is 4.79 Å². The summed E-state index contributed by atoms with van der Waals surface area (Å²) in [4.78, 5) is 11.9. The van der Waals surface area contributed by atoms with Gasteiger partial charge in [0.15, 0.2) is 0 Å². The molecule has 8 heteroatoms. The van der Waals surface area contributed by atoms with Crippen molar-refractivity contribution in [3.63, 3.8) is 0 Å². The van der Waals surface area contributed by atoms with Gasteiger partial charge in [-0.2, -0.15) is 0 Å². The van der Waals surface area contributed by atoms with Gasteiger partial charge in [-0.25, -0.2) is 8.42 Å². The van der Waals surface area contributed by atoms with E-state index in [1.165, 1.54) is 19.1 Å². The maximum Gasteiger partial charge on any atom is 0.261 e. The summed E-state index contributed by atoms with van der Waals surface area (Å²) in [5.41, 5.74) is 0.484. The highest BCUT2D eigenvalue weighted by Crippen LogP contribution is 2.26. The van der Waals surface area contributed by atoms with Gasteiger partial charge in [0.2, 0.25) is 0 Å². The highest BCUT2D eigenvalue weighted by atomic mass is 35.7. The number of carbonyl (C=O) groups excluding carboxylic acids is 1. The Morgan fingerprint density at radius 2 is 2.00 bits per heavy atom. The first-order chi connectivity index (χ1) is 9.77. The fraction of sp³-hybridized carbons (Fsp3) is 0.462. The Labute approximate surface area is 134 Å². The van der Waals surface area contributed by atoms with Gasteiger partial charge >= 0.3 is 0 Å². The summed E-state index contributed by atoms with van der Waals surface area (Å²) in [5, 5.41) is 2.86. The molecule has 118 valence electrons. The topological polar surface area (TPSA) is 72.5 Å². The summed E-state index contributed by atoms with van der Waals surface area (Å²) in [7, 11) is 3.00. The fourth-order valence-electron chi connectivity index (χ4n) is 1.81. The Morgan fingerprint density at radius 1 is 1.33 bits per heavy atom. The van der Waals surface area contributed by atoms with Crippen molar-refractivity contribution in [3.8, 4) is 0 Å². The predicted molar refractivity (Wildman–Crippen MR) is 82.7 cm³/mol. The van der Waals surface area contributed by atoms with E-state index in [-0.39, 0.29) is 27.0 Å². The molecule has 0 radical (unpaired) electrons. The Kier molecular flexibility index (Phi) is 6.93. The van der Waals surface area contributed by atoms with Crippen molar-refractivity contribution in [2.24, 2.45) is 0 Å². The Balaban J connectivity index is 2.88. The molecule has 1 N–H and O–H groups in total. The van der Waals surface area contributed by atoms with Crippen molar-refractivity contribution < 1.29 is 17.9 Å². The molecule has 0 heterocycles. The number of halogens is 2. The minimum atomic E-state index is -3.95. The lowest BCUT2D eigenvalue weighted by molar-refractivity contribution is 0.0950. The van der Waals surface area contributed by atoms with Crippen LogP contribution in [0.15, 0.2) is 17.0 Å². The summed E-state index contributed by atoms with van der Waals surface area (Å²) in [6.45, 7) is 2.61. The second-order valence-corrected chi connectivity index (χ2v) is 7.44. The first-order valence-electron chi connectivity index (χ1n) is 6.29. The van der Waals surface area contributed by atoms with Gasteiger partial charge in [-0.1, -0.05) is 11.6 Å². The number of benzene rings is 1. The Morgan fingerprint density at radius 3 is 2.57 bits per heavy atom. The van der Waals surface area contributed by atoms with Crippen LogP contribution in [0.25, 0.3) is 0 Å². The second kappa shape index (κ2) is 7.98. The molecule has 0 aliphatic carbocycles. The van der Waals surface area contributed by atoms with Crippen LogP contribution in [0.5, 0.6) is 0 Å². The summed E-state index contributed by atoms with van der Waals surface area (Å²) in [6.07, 6.45) is 1.59. The van der Waals surface area contributed by atoms with Crippen LogP contribution in [-0.2, 0) is 13.8 Å². The van der Waals surface area contributed by atoms with Crippen LogP contribution in [0.1, 0.15) is 28.8 Å². The van der Waals surface area contributed by atoms with E-state index in [0.717, 1.165) is 12.8 Å². The van der Waals surface area contributed by atoms with Crippen LogP contribution in [0.4, 0.5) is 0 Å². The number of hydrogen-bond acceptors (Lipinski definition) is 4. The molecule has 1 amide bonds. The summed E-state index contributed by atoms with van der Waals surface area (Å²) in [5.74, 6) is -0.381. The predicted octanol–water partition coefficient (Wildman–Crippen LogP) is 2.73. The third-order valence-corrected chi connectivity index (χ3v) is 4.56. The number of nitrogens with one attached hydrogen (secondary N) is 1. The number of amides is 1. The van der Waals surface area contributed by atoms with Crippen molar-refractivity contribution in [1.82, 2.24) is 5.32 Å². The molecular weight excluding hydrogens is 337 g/mol. The molecule has 0 saturated heterocycles. The van der Waals surface area contributed by atoms with E-state index in [9.17, 15) is 13.2 Å². The molecule has 0 fully saturated rings. The molecule has 0 aromatic heterocycles. The van der Waals surface area contributed by atoms with Gasteiger partial charge in [0.05, 0.1) is 4.90 Å². The SMILES string of the molecule is COCCCCNC(=O)c1cc(Cl)cc(S(=O)(=O)Cl)c1C. The van der Waals surface area contributed by atoms with Crippen molar-refractivity contribution in [2.75, 3.05) is 20.3 Å². The van der Waals surface area contributed by atoms with Crippen LogP contribution in [0.2, 0.25) is 5.02 Å². The highest BCUT2D eigenvalue weighted by molar-refractivity contribution is 8.13. The molecular formula is C13H17Cl2NO4S. The van der Waals surface area contributed by atoms with Gasteiger partial charge in [-0.15, -0.1) is 0 Å². The number of hydrogen-bond donors (Lipinski definition) is 1. The van der Waals surface area contributed by atoms with Gasteiger partial charge in [0.1, 0.15) is 0 Å². The van der Waals surface area contributed by atoms with Gasteiger partial charge in [0.25, 0.3) is 15.0 Å². The Bertz CT molecular complexity index is 617. The highest BCUT2D eigenvalue weighted by Gasteiger charge is 2.20. The molecule has 0 bridgehead atoms. The van der Waals surface area contributed by atoms with Crippen LogP contribution in [0.3, 0.4) is 0 Å². The van der Waals surface area contributed by atoms with E-state index in [1.807, 2.05) is 0 Å². The standard InChI is InChI=1S/C13H17Cl2NO4S/c1-9-11(13(17)16-5-3-4-6-20-2)7-10(14)8-12(9)21(15,18)19/h7-8H,3-6H2,1-2H3,(H,16,17). The first-order valence-corrected chi connectivity index (χ1v) is 8.98. The summed E-state index contributed by atoms with van der Waals surface area (Å²) < 4.78 is 27.9. The molecule has 21 heavy (non-hydrogen) atoms. The molecule has 1 aromatic rings. The van der Waals surface area contributed by atoms with Crippen molar-refractivity contribution in [1.29, 1.82) is 0 Å². The Hall–Kier alpha value is -0.820. The zero-order valence-electron chi connectivity index (χ0n) is 11.8. The quantitative estimate of drug-likeness (QED) is 0.604. The van der Waals surface area contributed by atoms with Crippen LogP contribution in [0, 0.1) is 6.92 Å². The van der Waals surface area contributed by atoms with E-state index >= 15 is 0 Å². The zero-order chi connectivity index (χ0) is 16.0. The molecule has 0 aliphatic heterocycles. The molecule has 0 aliphatic rings.